The monoisotopic (exact) mass is 297 g/mol. The molecular formula is C13H20BrN3. The van der Waals surface area contributed by atoms with Gasteiger partial charge in [-0.25, -0.2) is 4.98 Å². The first-order chi connectivity index (χ1) is 8.22. The second kappa shape index (κ2) is 5.83. The van der Waals surface area contributed by atoms with E-state index < -0.39 is 0 Å². The Kier molecular flexibility index (Phi) is 4.40. The quantitative estimate of drug-likeness (QED) is 0.852. The van der Waals surface area contributed by atoms with Crippen molar-refractivity contribution in [3.05, 3.63) is 22.8 Å². The summed E-state index contributed by atoms with van der Waals surface area (Å²) < 4.78 is 1.07. The molecule has 2 heterocycles. The number of likely N-dealkylation sites (N-methyl/N-ethyl adjacent to an activating group) is 2. The van der Waals surface area contributed by atoms with Crippen LogP contribution in [-0.2, 0) is 0 Å². The normalized spacial score (nSPS) is 20.8. The van der Waals surface area contributed by atoms with Crippen LogP contribution in [0.5, 0.6) is 0 Å². The van der Waals surface area contributed by atoms with E-state index in [4.69, 9.17) is 0 Å². The van der Waals surface area contributed by atoms with E-state index in [0.717, 1.165) is 23.4 Å². The smallest absolute Gasteiger partial charge is 0.142 e. The Hall–Kier alpha value is -0.610. The molecule has 0 saturated carbocycles. The van der Waals surface area contributed by atoms with Gasteiger partial charge in [-0.2, -0.15) is 0 Å². The number of pyridine rings is 1. The first kappa shape index (κ1) is 12.8. The molecule has 1 aromatic heterocycles. The minimum absolute atomic E-state index is 0.680. The molecule has 0 N–H and O–H groups in total. The number of nitrogens with zero attached hydrogens (tertiary/aromatic N) is 3. The number of likely N-dealkylation sites (tertiary alicyclic amines) is 1. The van der Waals surface area contributed by atoms with Crippen LogP contribution >= 0.6 is 15.9 Å². The second-order valence-corrected chi connectivity index (χ2v) is 5.47. The van der Waals surface area contributed by atoms with Crippen LogP contribution in [0, 0.1) is 0 Å². The van der Waals surface area contributed by atoms with Crippen molar-refractivity contribution in [2.75, 3.05) is 31.6 Å². The second-order valence-electron chi connectivity index (χ2n) is 4.61. The van der Waals surface area contributed by atoms with E-state index in [1.165, 1.54) is 19.4 Å². The molecule has 0 aliphatic carbocycles. The van der Waals surface area contributed by atoms with Gasteiger partial charge < -0.3 is 4.90 Å². The van der Waals surface area contributed by atoms with Crippen LogP contribution in [0.3, 0.4) is 0 Å². The molecule has 0 aromatic carbocycles. The highest BCUT2D eigenvalue weighted by Gasteiger charge is 2.24. The summed E-state index contributed by atoms with van der Waals surface area (Å²) in [5.41, 5.74) is 0. The minimum Gasteiger partial charge on any atom is -0.357 e. The van der Waals surface area contributed by atoms with E-state index >= 15 is 0 Å². The van der Waals surface area contributed by atoms with Gasteiger partial charge >= 0.3 is 0 Å². The SMILES string of the molecule is CCN1CCCC1CN(C)c1ncccc1Br. The fourth-order valence-corrected chi connectivity index (χ4v) is 3.14. The zero-order chi connectivity index (χ0) is 12.3. The lowest BCUT2D eigenvalue weighted by Crippen LogP contribution is -2.39. The van der Waals surface area contributed by atoms with Gasteiger partial charge in [-0.3, -0.25) is 4.90 Å². The molecule has 0 radical (unpaired) electrons. The van der Waals surface area contributed by atoms with Crippen LogP contribution in [0.2, 0.25) is 0 Å². The summed E-state index contributed by atoms with van der Waals surface area (Å²) >= 11 is 3.56. The predicted molar refractivity (Wildman–Crippen MR) is 75.5 cm³/mol. The van der Waals surface area contributed by atoms with Crippen LogP contribution in [0.25, 0.3) is 0 Å². The summed E-state index contributed by atoms with van der Waals surface area (Å²) in [6.07, 6.45) is 4.49. The molecule has 0 bridgehead atoms. The molecule has 4 heteroatoms. The van der Waals surface area contributed by atoms with Gasteiger partial charge in [-0.1, -0.05) is 6.92 Å². The van der Waals surface area contributed by atoms with Crippen molar-refractivity contribution in [1.29, 1.82) is 0 Å². The summed E-state index contributed by atoms with van der Waals surface area (Å²) in [7, 11) is 2.12. The lowest BCUT2D eigenvalue weighted by atomic mass is 10.2. The van der Waals surface area contributed by atoms with Gasteiger partial charge in [-0.05, 0) is 54.0 Å². The molecule has 17 heavy (non-hydrogen) atoms. The third-order valence-electron chi connectivity index (χ3n) is 3.49. The maximum atomic E-state index is 4.43. The summed E-state index contributed by atoms with van der Waals surface area (Å²) in [6, 6.07) is 4.68. The highest BCUT2D eigenvalue weighted by Crippen LogP contribution is 2.24. The number of anilines is 1. The van der Waals surface area contributed by atoms with Gasteiger partial charge in [-0.15, -0.1) is 0 Å². The third kappa shape index (κ3) is 2.99. The first-order valence-corrected chi connectivity index (χ1v) is 7.07. The minimum atomic E-state index is 0.680. The van der Waals surface area contributed by atoms with Crippen molar-refractivity contribution in [2.24, 2.45) is 0 Å². The molecule has 1 aromatic rings. The first-order valence-electron chi connectivity index (χ1n) is 6.28. The average molecular weight is 298 g/mol. The highest BCUT2D eigenvalue weighted by molar-refractivity contribution is 9.10. The van der Waals surface area contributed by atoms with Gasteiger partial charge in [0.1, 0.15) is 5.82 Å². The fourth-order valence-electron chi connectivity index (χ4n) is 2.58. The molecule has 1 atom stereocenters. The number of rotatable bonds is 4. The Morgan fingerprint density at radius 1 is 1.59 bits per heavy atom. The predicted octanol–water partition coefficient (Wildman–Crippen LogP) is 2.76. The van der Waals surface area contributed by atoms with Crippen molar-refractivity contribution < 1.29 is 0 Å². The topological polar surface area (TPSA) is 19.4 Å². The third-order valence-corrected chi connectivity index (χ3v) is 4.11. The molecule has 3 nitrogen and oxygen atoms in total. The number of hydrogen-bond donors (Lipinski definition) is 0. The number of aromatic nitrogens is 1. The van der Waals surface area contributed by atoms with Gasteiger partial charge in [0.05, 0.1) is 4.47 Å². The lowest BCUT2D eigenvalue weighted by molar-refractivity contribution is 0.270. The van der Waals surface area contributed by atoms with Gasteiger partial charge in [0.15, 0.2) is 0 Å². The molecular weight excluding hydrogens is 278 g/mol. The van der Waals surface area contributed by atoms with Crippen LogP contribution in [0.15, 0.2) is 22.8 Å². The van der Waals surface area contributed by atoms with Crippen molar-refractivity contribution >= 4 is 21.7 Å². The molecule has 2 rings (SSSR count). The van der Waals surface area contributed by atoms with E-state index in [-0.39, 0.29) is 0 Å². The van der Waals surface area contributed by atoms with Crippen LogP contribution in [-0.4, -0.2) is 42.6 Å². The van der Waals surface area contributed by atoms with Gasteiger partial charge in [0.25, 0.3) is 0 Å². The maximum absolute atomic E-state index is 4.43. The standard InChI is InChI=1S/C13H20BrN3/c1-3-17-9-5-6-11(17)10-16(2)13-12(14)7-4-8-15-13/h4,7-8,11H,3,5-6,9-10H2,1-2H3. The Morgan fingerprint density at radius 2 is 2.41 bits per heavy atom. The number of halogens is 1. The summed E-state index contributed by atoms with van der Waals surface area (Å²) in [4.78, 5) is 9.25. The molecule has 1 aliphatic rings. The zero-order valence-corrected chi connectivity index (χ0v) is 12.2. The van der Waals surface area contributed by atoms with Gasteiger partial charge in [0.2, 0.25) is 0 Å². The van der Waals surface area contributed by atoms with Crippen molar-refractivity contribution in [3.8, 4) is 0 Å². The van der Waals surface area contributed by atoms with Crippen LogP contribution in [0.4, 0.5) is 5.82 Å². The van der Waals surface area contributed by atoms with Gasteiger partial charge in [0, 0.05) is 25.8 Å². The molecule has 1 saturated heterocycles. The van der Waals surface area contributed by atoms with Crippen LogP contribution in [0.1, 0.15) is 19.8 Å². The lowest BCUT2D eigenvalue weighted by Gasteiger charge is -2.28. The fraction of sp³-hybridized carbons (Fsp3) is 0.615. The van der Waals surface area contributed by atoms with Crippen molar-refractivity contribution in [1.82, 2.24) is 9.88 Å². The molecule has 1 aliphatic heterocycles. The summed E-state index contributed by atoms with van der Waals surface area (Å²) in [5, 5.41) is 0. The van der Waals surface area contributed by atoms with Crippen LogP contribution < -0.4 is 4.90 Å². The molecule has 94 valence electrons. The van der Waals surface area contributed by atoms with E-state index in [1.54, 1.807) is 0 Å². The average Bonchev–Trinajstić information content (AvgIpc) is 2.76. The van der Waals surface area contributed by atoms with E-state index in [2.05, 4.69) is 44.7 Å². The maximum Gasteiger partial charge on any atom is 0.142 e. The van der Waals surface area contributed by atoms with Crippen molar-refractivity contribution in [2.45, 2.75) is 25.8 Å². The number of hydrogen-bond acceptors (Lipinski definition) is 3. The molecule has 0 spiro atoms. The summed E-state index contributed by atoms with van der Waals surface area (Å²) in [5.74, 6) is 1.04. The van der Waals surface area contributed by atoms with E-state index in [0.29, 0.717) is 6.04 Å². The molecule has 1 unspecified atom stereocenters. The summed E-state index contributed by atoms with van der Waals surface area (Å²) in [6.45, 7) is 5.71. The Labute approximate surface area is 112 Å². The molecule has 1 fully saturated rings. The largest absolute Gasteiger partial charge is 0.357 e. The van der Waals surface area contributed by atoms with Crippen molar-refractivity contribution in [3.63, 3.8) is 0 Å². The Bertz CT molecular complexity index is 369. The van der Waals surface area contributed by atoms with E-state index in [9.17, 15) is 0 Å². The van der Waals surface area contributed by atoms with E-state index in [1.807, 2.05) is 18.3 Å². The zero-order valence-electron chi connectivity index (χ0n) is 10.6. The Balaban J connectivity index is 2.01. The Morgan fingerprint density at radius 3 is 3.12 bits per heavy atom. The highest BCUT2D eigenvalue weighted by atomic mass is 79.9. The molecule has 0 amide bonds.